The van der Waals surface area contributed by atoms with Gasteiger partial charge in [0.1, 0.15) is 5.69 Å². The maximum atomic E-state index is 5.52. The Morgan fingerprint density at radius 3 is 2.78 bits per heavy atom. The molecule has 0 aliphatic heterocycles. The van der Waals surface area contributed by atoms with Crippen molar-refractivity contribution in [1.82, 2.24) is 10.3 Å². The van der Waals surface area contributed by atoms with E-state index in [9.17, 15) is 0 Å². The third kappa shape index (κ3) is 3.21. The first-order valence-corrected chi connectivity index (χ1v) is 6.79. The van der Waals surface area contributed by atoms with Gasteiger partial charge in [-0.3, -0.25) is 0 Å². The van der Waals surface area contributed by atoms with Crippen LogP contribution in [-0.4, -0.2) is 11.0 Å². The van der Waals surface area contributed by atoms with E-state index in [4.69, 9.17) is 4.42 Å². The fraction of sp³-hybridized carbons (Fsp3) is 0.357. The summed E-state index contributed by atoms with van der Waals surface area (Å²) in [5.74, 6) is 0.840. The molecule has 0 atom stereocenters. The summed E-state index contributed by atoms with van der Waals surface area (Å²) < 4.78 is 6.57. The zero-order valence-corrected chi connectivity index (χ0v) is 12.4. The van der Waals surface area contributed by atoms with Crippen LogP contribution in [0.3, 0.4) is 0 Å². The molecular formula is C14H17BrN2O. The summed E-state index contributed by atoms with van der Waals surface area (Å²) in [6, 6.07) is 6.65. The molecule has 0 radical (unpaired) electrons. The van der Waals surface area contributed by atoms with E-state index in [0.717, 1.165) is 28.0 Å². The lowest BCUT2D eigenvalue weighted by Crippen LogP contribution is -2.22. The highest BCUT2D eigenvalue weighted by molar-refractivity contribution is 9.10. The normalized spacial score (nSPS) is 11.2. The van der Waals surface area contributed by atoms with Gasteiger partial charge in [0.15, 0.2) is 12.2 Å². The maximum absolute atomic E-state index is 5.52. The third-order valence-corrected chi connectivity index (χ3v) is 3.08. The molecule has 0 fully saturated rings. The quantitative estimate of drug-likeness (QED) is 0.930. The Morgan fingerprint density at radius 1 is 1.33 bits per heavy atom. The predicted octanol–water partition coefficient (Wildman–Crippen LogP) is 3.91. The van der Waals surface area contributed by atoms with E-state index in [1.807, 2.05) is 6.07 Å². The van der Waals surface area contributed by atoms with Crippen LogP contribution in [0.15, 0.2) is 33.5 Å². The van der Waals surface area contributed by atoms with E-state index in [2.05, 4.69) is 59.1 Å². The fourth-order valence-corrected chi connectivity index (χ4v) is 2.41. The van der Waals surface area contributed by atoms with Gasteiger partial charge in [-0.2, -0.15) is 0 Å². The minimum Gasteiger partial charge on any atom is -0.443 e. The summed E-state index contributed by atoms with van der Waals surface area (Å²) in [7, 11) is 0. The van der Waals surface area contributed by atoms with Crippen LogP contribution < -0.4 is 5.32 Å². The number of oxazole rings is 1. The van der Waals surface area contributed by atoms with Gasteiger partial charge in [-0.25, -0.2) is 4.98 Å². The predicted molar refractivity (Wildman–Crippen MR) is 76.4 cm³/mol. The molecular weight excluding hydrogens is 292 g/mol. The number of hydrogen-bond acceptors (Lipinski definition) is 3. The summed E-state index contributed by atoms with van der Waals surface area (Å²) >= 11 is 3.51. The molecule has 1 heterocycles. The molecule has 2 rings (SSSR count). The van der Waals surface area contributed by atoms with Crippen molar-refractivity contribution in [2.45, 2.75) is 33.4 Å². The Labute approximate surface area is 116 Å². The first kappa shape index (κ1) is 13.3. The highest BCUT2D eigenvalue weighted by Gasteiger charge is 2.11. The van der Waals surface area contributed by atoms with Crippen LogP contribution in [-0.2, 0) is 6.54 Å². The fourth-order valence-electron chi connectivity index (χ4n) is 1.80. The van der Waals surface area contributed by atoms with Crippen LogP contribution in [0.2, 0.25) is 0 Å². The number of nitrogens with one attached hydrogen (secondary N) is 1. The van der Waals surface area contributed by atoms with Gasteiger partial charge >= 0.3 is 0 Å². The van der Waals surface area contributed by atoms with Gasteiger partial charge in [0.2, 0.25) is 0 Å². The molecule has 3 nitrogen and oxygen atoms in total. The summed E-state index contributed by atoms with van der Waals surface area (Å²) in [5, 5.41) is 3.35. The molecule has 2 aromatic rings. The summed E-state index contributed by atoms with van der Waals surface area (Å²) in [6.07, 6.45) is 1.50. The van der Waals surface area contributed by atoms with Crippen molar-refractivity contribution in [2.24, 2.45) is 0 Å². The molecule has 0 bridgehead atoms. The maximum Gasteiger partial charge on any atom is 0.181 e. The van der Waals surface area contributed by atoms with Crippen molar-refractivity contribution >= 4 is 15.9 Å². The van der Waals surface area contributed by atoms with Gasteiger partial charge in [0.05, 0.1) is 0 Å². The lowest BCUT2D eigenvalue weighted by Gasteiger charge is -2.07. The molecule has 0 unspecified atom stereocenters. The highest BCUT2D eigenvalue weighted by Crippen LogP contribution is 2.27. The molecule has 1 N–H and O–H groups in total. The van der Waals surface area contributed by atoms with Gasteiger partial charge in [-0.05, 0) is 30.7 Å². The number of nitrogens with zero attached hydrogens (tertiary/aromatic N) is 1. The van der Waals surface area contributed by atoms with Gasteiger partial charge < -0.3 is 9.73 Å². The van der Waals surface area contributed by atoms with Crippen molar-refractivity contribution in [3.8, 4) is 11.3 Å². The highest BCUT2D eigenvalue weighted by atomic mass is 79.9. The van der Waals surface area contributed by atoms with E-state index in [1.54, 1.807) is 0 Å². The van der Waals surface area contributed by atoms with Crippen LogP contribution in [0.5, 0.6) is 0 Å². The van der Waals surface area contributed by atoms with Gasteiger partial charge in [0, 0.05) is 22.6 Å². The zero-order valence-electron chi connectivity index (χ0n) is 10.8. The first-order valence-electron chi connectivity index (χ1n) is 5.99. The van der Waals surface area contributed by atoms with Crippen LogP contribution in [0, 0.1) is 6.92 Å². The lowest BCUT2D eigenvalue weighted by molar-refractivity contribution is 0.563. The smallest absolute Gasteiger partial charge is 0.181 e. The van der Waals surface area contributed by atoms with Gasteiger partial charge in [0.25, 0.3) is 0 Å². The molecule has 0 aliphatic rings. The van der Waals surface area contributed by atoms with Crippen LogP contribution >= 0.6 is 15.9 Å². The second kappa shape index (κ2) is 5.67. The van der Waals surface area contributed by atoms with Crippen molar-refractivity contribution < 1.29 is 4.42 Å². The molecule has 96 valence electrons. The number of hydrogen-bond donors (Lipinski definition) is 1. The zero-order chi connectivity index (χ0) is 13.1. The largest absolute Gasteiger partial charge is 0.443 e. The molecule has 4 heteroatoms. The SMILES string of the molecule is Cc1cc(Br)cc(-c2ocnc2CNC(C)C)c1. The number of halogens is 1. The van der Waals surface area contributed by atoms with Crippen molar-refractivity contribution in [2.75, 3.05) is 0 Å². The molecule has 18 heavy (non-hydrogen) atoms. The van der Waals surface area contributed by atoms with E-state index in [-0.39, 0.29) is 0 Å². The Balaban J connectivity index is 2.30. The minimum atomic E-state index is 0.429. The average molecular weight is 309 g/mol. The van der Waals surface area contributed by atoms with Crippen molar-refractivity contribution in [3.05, 3.63) is 40.3 Å². The first-order chi connectivity index (χ1) is 8.56. The number of aryl methyl sites for hydroxylation is 1. The Hall–Kier alpha value is -1.13. The molecule has 0 saturated carbocycles. The molecule has 0 spiro atoms. The van der Waals surface area contributed by atoms with Gasteiger partial charge in [-0.15, -0.1) is 0 Å². The Bertz CT molecular complexity index is 514. The minimum absolute atomic E-state index is 0.429. The van der Waals surface area contributed by atoms with Crippen LogP contribution in [0.4, 0.5) is 0 Å². The Kier molecular flexibility index (Phi) is 4.19. The van der Waals surface area contributed by atoms with Gasteiger partial charge in [-0.1, -0.05) is 29.8 Å². The molecule has 1 aromatic carbocycles. The summed E-state index contributed by atoms with van der Waals surface area (Å²) in [6.45, 7) is 7.01. The van der Waals surface area contributed by atoms with E-state index in [1.165, 1.54) is 12.0 Å². The summed E-state index contributed by atoms with van der Waals surface area (Å²) in [5.41, 5.74) is 3.19. The lowest BCUT2D eigenvalue weighted by atomic mass is 10.1. The number of rotatable bonds is 4. The number of aromatic nitrogens is 1. The molecule has 0 amide bonds. The topological polar surface area (TPSA) is 38.1 Å². The summed E-state index contributed by atoms with van der Waals surface area (Å²) in [4.78, 5) is 4.28. The van der Waals surface area contributed by atoms with Crippen LogP contribution in [0.25, 0.3) is 11.3 Å². The molecule has 0 saturated heterocycles. The van der Waals surface area contributed by atoms with E-state index in [0.29, 0.717) is 6.04 Å². The number of benzene rings is 1. The monoisotopic (exact) mass is 308 g/mol. The molecule has 0 aliphatic carbocycles. The van der Waals surface area contributed by atoms with Crippen LogP contribution in [0.1, 0.15) is 25.1 Å². The van der Waals surface area contributed by atoms with Crippen molar-refractivity contribution in [3.63, 3.8) is 0 Å². The van der Waals surface area contributed by atoms with E-state index < -0.39 is 0 Å². The average Bonchev–Trinajstić information content (AvgIpc) is 2.72. The second-order valence-corrected chi connectivity index (χ2v) is 5.60. The van der Waals surface area contributed by atoms with Crippen molar-refractivity contribution in [1.29, 1.82) is 0 Å². The third-order valence-electron chi connectivity index (χ3n) is 2.62. The molecule has 1 aromatic heterocycles. The van der Waals surface area contributed by atoms with E-state index >= 15 is 0 Å². The second-order valence-electron chi connectivity index (χ2n) is 4.68. The standard InChI is InChI=1S/C14H17BrN2O/c1-9(2)16-7-13-14(18-8-17-13)11-4-10(3)5-12(15)6-11/h4-6,8-9,16H,7H2,1-3H3. The Morgan fingerprint density at radius 2 is 2.11 bits per heavy atom.